The van der Waals surface area contributed by atoms with E-state index in [9.17, 15) is 34.4 Å². The number of likely N-dealkylation sites (tertiary alicyclic amines) is 1. The molecule has 0 radical (unpaired) electrons. The van der Waals surface area contributed by atoms with Gasteiger partial charge in [0, 0.05) is 36.5 Å². The molecule has 3 aromatic rings. The van der Waals surface area contributed by atoms with Crippen LogP contribution < -0.4 is 15.4 Å². The van der Waals surface area contributed by atoms with Crippen LogP contribution in [0.1, 0.15) is 29.6 Å². The molecule has 1 aromatic carbocycles. The maximum atomic E-state index is 14.5. The highest BCUT2D eigenvalue weighted by Gasteiger charge is 2.44. The van der Waals surface area contributed by atoms with Crippen molar-refractivity contribution in [3.8, 4) is 17.1 Å². The number of aliphatic hydroxyl groups excluding tert-OH is 4. The molecule has 6 N–H and O–H groups in total. The summed E-state index contributed by atoms with van der Waals surface area (Å²) in [5.74, 6) is -0.838. The van der Waals surface area contributed by atoms with Crippen LogP contribution in [0.2, 0.25) is 5.02 Å². The molecule has 4 heterocycles. The SMILES string of the molecule is COc1cnc(-c2cc(Cl)ccc2F)nc1Nc1ccncc1C(=O)NC1CCN(C(=O)CC2OC(CO)C(O)C(O)C2O)CC1. The van der Waals surface area contributed by atoms with Crippen molar-refractivity contribution in [3.05, 3.63) is 59.3 Å². The molecule has 2 aliphatic rings. The zero-order chi connectivity index (χ0) is 33.0. The topological polar surface area (TPSA) is 199 Å². The first-order valence-corrected chi connectivity index (χ1v) is 14.9. The third-order valence-electron chi connectivity index (χ3n) is 8.01. The molecule has 2 fully saturated rings. The smallest absolute Gasteiger partial charge is 0.255 e. The summed E-state index contributed by atoms with van der Waals surface area (Å²) in [6.45, 7) is 0.0617. The van der Waals surface area contributed by atoms with Gasteiger partial charge in [0.2, 0.25) is 5.91 Å². The largest absolute Gasteiger partial charge is 0.491 e. The number of hydrogen-bond acceptors (Lipinski definition) is 12. The fraction of sp³-hybridized carbons (Fsp3) is 0.433. The Bertz CT molecular complexity index is 1560. The minimum Gasteiger partial charge on any atom is -0.491 e. The molecule has 5 unspecified atom stereocenters. The third kappa shape index (κ3) is 7.35. The van der Waals surface area contributed by atoms with E-state index in [2.05, 4.69) is 25.6 Å². The fourth-order valence-electron chi connectivity index (χ4n) is 5.41. The van der Waals surface area contributed by atoms with Crippen molar-refractivity contribution in [2.75, 3.05) is 32.1 Å². The lowest BCUT2D eigenvalue weighted by Crippen LogP contribution is -2.59. The van der Waals surface area contributed by atoms with E-state index in [1.165, 1.54) is 43.9 Å². The highest BCUT2D eigenvalue weighted by atomic mass is 35.5. The Morgan fingerprint density at radius 1 is 1.11 bits per heavy atom. The van der Waals surface area contributed by atoms with E-state index in [1.807, 2.05) is 0 Å². The molecule has 46 heavy (non-hydrogen) atoms. The van der Waals surface area contributed by atoms with E-state index < -0.39 is 48.9 Å². The van der Waals surface area contributed by atoms with Crippen molar-refractivity contribution in [1.82, 2.24) is 25.2 Å². The van der Waals surface area contributed by atoms with Gasteiger partial charge in [-0.1, -0.05) is 11.6 Å². The number of benzene rings is 1. The summed E-state index contributed by atoms with van der Waals surface area (Å²) < 4.78 is 25.4. The number of halogens is 2. The first kappa shape index (κ1) is 33.4. The summed E-state index contributed by atoms with van der Waals surface area (Å²) in [6, 6.07) is 5.35. The number of carbonyl (C=O) groups excluding carboxylic acids is 2. The van der Waals surface area contributed by atoms with Gasteiger partial charge in [0.05, 0.1) is 49.3 Å². The molecule has 0 saturated carbocycles. The van der Waals surface area contributed by atoms with Crippen LogP contribution in [-0.2, 0) is 9.53 Å². The van der Waals surface area contributed by atoms with Crippen LogP contribution in [0.3, 0.4) is 0 Å². The Morgan fingerprint density at radius 3 is 2.57 bits per heavy atom. The average molecular weight is 661 g/mol. The number of carbonyl (C=O) groups is 2. The average Bonchev–Trinajstić information content (AvgIpc) is 3.06. The Balaban J connectivity index is 1.21. The lowest BCUT2D eigenvalue weighted by Gasteiger charge is -2.41. The third-order valence-corrected chi connectivity index (χ3v) is 8.25. The normalized spacial score (nSPS) is 23.5. The van der Waals surface area contributed by atoms with E-state index in [0.717, 1.165) is 0 Å². The molecule has 16 heteroatoms. The molecule has 2 aliphatic heterocycles. The molecule has 2 aromatic heterocycles. The minimum atomic E-state index is -1.56. The quantitative estimate of drug-likeness (QED) is 0.191. The zero-order valence-corrected chi connectivity index (χ0v) is 25.5. The number of hydrogen-bond donors (Lipinski definition) is 6. The van der Waals surface area contributed by atoms with Crippen molar-refractivity contribution in [2.45, 2.75) is 55.8 Å². The number of piperidine rings is 1. The second-order valence-electron chi connectivity index (χ2n) is 11.0. The standard InChI is InChI=1S/C30H34ClFN6O8/c1-45-22-13-34-28(17-10-15(31)2-3-19(17)32)37-29(22)36-20-4-7-33-12-18(20)30(44)35-16-5-8-38(9-6-16)24(40)11-21-25(41)27(43)26(42)23(14-39)46-21/h2-4,7,10,12-13,16,21,23,25-27,39,41-43H,5-6,8-9,11,14H2,1H3,(H,35,44)(H,33,34,36,37). The van der Waals surface area contributed by atoms with Crippen LogP contribution in [0, 0.1) is 5.82 Å². The lowest BCUT2D eigenvalue weighted by molar-refractivity contribution is -0.230. The van der Waals surface area contributed by atoms with Crippen LogP contribution in [0.25, 0.3) is 11.4 Å². The van der Waals surface area contributed by atoms with Crippen LogP contribution >= 0.6 is 11.6 Å². The molecule has 2 amide bonds. The predicted octanol–water partition coefficient (Wildman–Crippen LogP) is 1.04. The van der Waals surface area contributed by atoms with E-state index in [1.54, 1.807) is 11.0 Å². The Labute approximate surface area is 268 Å². The molecule has 5 atom stereocenters. The number of ether oxygens (including phenoxy) is 2. The van der Waals surface area contributed by atoms with Gasteiger partial charge in [-0.2, -0.15) is 0 Å². The van der Waals surface area contributed by atoms with Crippen LogP contribution in [-0.4, -0.2) is 115 Å². The summed E-state index contributed by atoms with van der Waals surface area (Å²) in [5.41, 5.74) is 0.651. The van der Waals surface area contributed by atoms with Crippen molar-refractivity contribution in [3.63, 3.8) is 0 Å². The summed E-state index contributed by atoms with van der Waals surface area (Å²) in [4.78, 5) is 40.6. The van der Waals surface area contributed by atoms with Gasteiger partial charge in [0.1, 0.15) is 30.2 Å². The maximum absolute atomic E-state index is 14.5. The number of aliphatic hydroxyl groups is 4. The summed E-state index contributed by atoms with van der Waals surface area (Å²) >= 11 is 6.05. The molecule has 246 valence electrons. The number of pyridine rings is 1. The van der Waals surface area contributed by atoms with Crippen molar-refractivity contribution < 1.29 is 43.9 Å². The number of rotatable bonds is 9. The van der Waals surface area contributed by atoms with Crippen LogP contribution in [0.4, 0.5) is 15.9 Å². The maximum Gasteiger partial charge on any atom is 0.255 e. The van der Waals surface area contributed by atoms with Crippen LogP contribution in [0.15, 0.2) is 42.9 Å². The summed E-state index contributed by atoms with van der Waals surface area (Å²) in [6.07, 6.45) is -1.83. The van der Waals surface area contributed by atoms with Crippen LogP contribution in [0.5, 0.6) is 5.75 Å². The van der Waals surface area contributed by atoms with Gasteiger partial charge in [0.15, 0.2) is 17.4 Å². The number of methoxy groups -OCH3 is 1. The summed E-state index contributed by atoms with van der Waals surface area (Å²) in [7, 11) is 1.42. The monoisotopic (exact) mass is 660 g/mol. The number of amides is 2. The van der Waals surface area contributed by atoms with E-state index >= 15 is 0 Å². The molecule has 0 spiro atoms. The molecule has 5 rings (SSSR count). The van der Waals surface area contributed by atoms with Gasteiger partial charge < -0.3 is 45.4 Å². The molecule has 0 aliphatic carbocycles. The van der Waals surface area contributed by atoms with Crippen molar-refractivity contribution in [2.24, 2.45) is 0 Å². The highest BCUT2D eigenvalue weighted by Crippen LogP contribution is 2.31. The zero-order valence-electron chi connectivity index (χ0n) is 24.7. The van der Waals surface area contributed by atoms with Crippen molar-refractivity contribution in [1.29, 1.82) is 0 Å². The van der Waals surface area contributed by atoms with Gasteiger partial charge >= 0.3 is 0 Å². The lowest BCUT2D eigenvalue weighted by atomic mass is 9.93. The number of nitrogens with one attached hydrogen (secondary N) is 2. The van der Waals surface area contributed by atoms with Gasteiger partial charge in [-0.3, -0.25) is 14.6 Å². The van der Waals surface area contributed by atoms with Gasteiger partial charge in [0.25, 0.3) is 5.91 Å². The highest BCUT2D eigenvalue weighted by molar-refractivity contribution is 6.30. The minimum absolute atomic E-state index is 0.0520. The molecule has 14 nitrogen and oxygen atoms in total. The Hall–Kier alpha value is -3.99. The Morgan fingerprint density at radius 2 is 1.85 bits per heavy atom. The van der Waals surface area contributed by atoms with Gasteiger partial charge in [-0.25, -0.2) is 14.4 Å². The molecular formula is C30H34ClFN6O8. The Kier molecular flexibility index (Phi) is 10.6. The number of aromatic nitrogens is 3. The fourth-order valence-corrected chi connectivity index (χ4v) is 5.58. The summed E-state index contributed by atoms with van der Waals surface area (Å²) in [5, 5.41) is 46.0. The second-order valence-corrected chi connectivity index (χ2v) is 11.4. The first-order chi connectivity index (χ1) is 22.1. The number of nitrogens with zero attached hydrogens (tertiary/aromatic N) is 4. The molecule has 2 saturated heterocycles. The first-order valence-electron chi connectivity index (χ1n) is 14.6. The second kappa shape index (κ2) is 14.6. The van der Waals surface area contributed by atoms with E-state index in [4.69, 9.17) is 21.1 Å². The van der Waals surface area contributed by atoms with E-state index in [-0.39, 0.29) is 46.9 Å². The van der Waals surface area contributed by atoms with E-state index in [0.29, 0.717) is 36.6 Å². The molecular weight excluding hydrogens is 627 g/mol. The molecule has 0 bridgehead atoms. The van der Waals surface area contributed by atoms with Crippen molar-refractivity contribution >= 4 is 34.9 Å². The van der Waals surface area contributed by atoms with Gasteiger partial charge in [-0.15, -0.1) is 0 Å². The van der Waals surface area contributed by atoms with Gasteiger partial charge in [-0.05, 0) is 37.1 Å². The predicted molar refractivity (Wildman–Crippen MR) is 162 cm³/mol. The number of anilines is 2.